The van der Waals surface area contributed by atoms with Crippen LogP contribution in [0.2, 0.25) is 0 Å². The number of hydrogen-bond acceptors (Lipinski definition) is 5. The van der Waals surface area contributed by atoms with Crippen LogP contribution in [-0.2, 0) is 0 Å². The quantitative estimate of drug-likeness (QED) is 0.773. The summed E-state index contributed by atoms with van der Waals surface area (Å²) < 4.78 is 2.00. The van der Waals surface area contributed by atoms with Crippen LogP contribution in [0.25, 0.3) is 17.0 Å². The molecule has 0 radical (unpaired) electrons. The molecule has 112 valence electrons. The van der Waals surface area contributed by atoms with Crippen LogP contribution >= 0.6 is 0 Å². The standard InChI is InChI=1S/C16H18N6/c1-4-13(14-10-19-16-11-18-7-8-22(14)16)21-15(5-1)20-12-3-2-6-17-9-12/h1,4-5,7-8,10-12,17H,2-3,6,9H2,(H,20,21). The van der Waals surface area contributed by atoms with Gasteiger partial charge in [-0.1, -0.05) is 6.07 Å². The van der Waals surface area contributed by atoms with Crippen LogP contribution in [0.15, 0.2) is 43.0 Å². The second kappa shape index (κ2) is 5.73. The maximum atomic E-state index is 4.74. The summed E-state index contributed by atoms with van der Waals surface area (Å²) in [6.45, 7) is 2.11. The van der Waals surface area contributed by atoms with Crippen molar-refractivity contribution in [3.63, 3.8) is 0 Å². The van der Waals surface area contributed by atoms with E-state index in [4.69, 9.17) is 4.98 Å². The van der Waals surface area contributed by atoms with E-state index in [1.54, 1.807) is 12.4 Å². The predicted molar refractivity (Wildman–Crippen MR) is 85.7 cm³/mol. The van der Waals surface area contributed by atoms with E-state index in [9.17, 15) is 0 Å². The molecule has 4 rings (SSSR count). The maximum absolute atomic E-state index is 4.74. The summed E-state index contributed by atoms with van der Waals surface area (Å²) >= 11 is 0. The van der Waals surface area contributed by atoms with Gasteiger partial charge in [-0.3, -0.25) is 9.38 Å². The van der Waals surface area contributed by atoms with E-state index in [0.29, 0.717) is 6.04 Å². The van der Waals surface area contributed by atoms with Gasteiger partial charge in [0.25, 0.3) is 0 Å². The van der Waals surface area contributed by atoms with Crippen LogP contribution in [0.5, 0.6) is 0 Å². The Morgan fingerprint density at radius 1 is 1.27 bits per heavy atom. The third kappa shape index (κ3) is 2.53. The molecule has 0 aliphatic carbocycles. The first kappa shape index (κ1) is 13.2. The molecule has 4 heterocycles. The van der Waals surface area contributed by atoms with Crippen molar-refractivity contribution in [1.29, 1.82) is 0 Å². The van der Waals surface area contributed by atoms with Crippen molar-refractivity contribution in [2.24, 2.45) is 0 Å². The fourth-order valence-electron chi connectivity index (χ4n) is 2.87. The summed E-state index contributed by atoms with van der Waals surface area (Å²) in [5.41, 5.74) is 2.71. The van der Waals surface area contributed by atoms with Crippen LogP contribution in [0.1, 0.15) is 12.8 Å². The highest BCUT2D eigenvalue weighted by atomic mass is 15.1. The molecular weight excluding hydrogens is 276 g/mol. The number of hydrogen-bond donors (Lipinski definition) is 2. The van der Waals surface area contributed by atoms with Crippen LogP contribution in [-0.4, -0.2) is 38.5 Å². The minimum Gasteiger partial charge on any atom is -0.366 e. The second-order valence-corrected chi connectivity index (χ2v) is 5.54. The molecule has 1 atom stereocenters. The van der Waals surface area contributed by atoms with Crippen molar-refractivity contribution in [2.75, 3.05) is 18.4 Å². The molecule has 1 aliphatic rings. The van der Waals surface area contributed by atoms with Gasteiger partial charge in [0.15, 0.2) is 5.65 Å². The topological polar surface area (TPSA) is 67.1 Å². The molecule has 1 saturated heterocycles. The van der Waals surface area contributed by atoms with Gasteiger partial charge < -0.3 is 10.6 Å². The number of anilines is 1. The molecule has 22 heavy (non-hydrogen) atoms. The highest BCUT2D eigenvalue weighted by molar-refractivity contribution is 5.61. The van der Waals surface area contributed by atoms with Crippen LogP contribution < -0.4 is 10.6 Å². The van der Waals surface area contributed by atoms with Crippen molar-refractivity contribution >= 4 is 11.5 Å². The minimum atomic E-state index is 0.447. The third-order valence-corrected chi connectivity index (χ3v) is 3.98. The normalized spacial score (nSPS) is 18.5. The first-order valence-electron chi connectivity index (χ1n) is 7.62. The summed E-state index contributed by atoms with van der Waals surface area (Å²) in [6, 6.07) is 6.50. The molecule has 1 fully saturated rings. The van der Waals surface area contributed by atoms with Crippen molar-refractivity contribution < 1.29 is 0 Å². The number of piperidine rings is 1. The van der Waals surface area contributed by atoms with E-state index in [1.165, 1.54) is 12.8 Å². The number of fused-ring (bicyclic) bond motifs is 1. The Balaban J connectivity index is 1.63. The molecule has 2 N–H and O–H groups in total. The van der Waals surface area contributed by atoms with E-state index >= 15 is 0 Å². The molecule has 6 nitrogen and oxygen atoms in total. The van der Waals surface area contributed by atoms with Crippen molar-refractivity contribution in [3.05, 3.63) is 43.0 Å². The lowest BCUT2D eigenvalue weighted by Crippen LogP contribution is -2.38. The van der Waals surface area contributed by atoms with Gasteiger partial charge in [-0.2, -0.15) is 0 Å². The van der Waals surface area contributed by atoms with Crippen molar-refractivity contribution in [2.45, 2.75) is 18.9 Å². The largest absolute Gasteiger partial charge is 0.366 e. The molecule has 0 bridgehead atoms. The van der Waals surface area contributed by atoms with Gasteiger partial charge in [0.2, 0.25) is 0 Å². The lowest BCUT2D eigenvalue weighted by atomic mass is 10.1. The van der Waals surface area contributed by atoms with Gasteiger partial charge in [-0.25, -0.2) is 9.97 Å². The average molecular weight is 294 g/mol. The molecule has 1 aliphatic heterocycles. The number of rotatable bonds is 3. The van der Waals surface area contributed by atoms with Gasteiger partial charge in [-0.15, -0.1) is 0 Å². The number of nitrogens with one attached hydrogen (secondary N) is 2. The first-order valence-corrected chi connectivity index (χ1v) is 7.62. The van der Waals surface area contributed by atoms with Crippen LogP contribution in [0.3, 0.4) is 0 Å². The van der Waals surface area contributed by atoms with Gasteiger partial charge in [0, 0.05) is 25.0 Å². The summed E-state index contributed by atoms with van der Waals surface area (Å²) in [5, 5.41) is 6.93. The van der Waals surface area contributed by atoms with E-state index in [-0.39, 0.29) is 0 Å². The molecular formula is C16H18N6. The molecule has 3 aromatic rings. The molecule has 6 heteroatoms. The molecule has 0 amide bonds. The Bertz CT molecular complexity index is 775. The van der Waals surface area contributed by atoms with Gasteiger partial charge in [0.05, 0.1) is 23.8 Å². The summed E-state index contributed by atoms with van der Waals surface area (Å²) in [5.74, 6) is 0.912. The lowest BCUT2D eigenvalue weighted by Gasteiger charge is -2.24. The predicted octanol–water partition coefficient (Wildman–Crippen LogP) is 1.96. The lowest BCUT2D eigenvalue weighted by molar-refractivity contribution is 0.479. The van der Waals surface area contributed by atoms with E-state index in [2.05, 4.69) is 20.6 Å². The Morgan fingerprint density at radius 3 is 3.18 bits per heavy atom. The fraction of sp³-hybridized carbons (Fsp3) is 0.312. The van der Waals surface area contributed by atoms with E-state index in [1.807, 2.05) is 35.0 Å². The smallest absolute Gasteiger partial charge is 0.155 e. The Kier molecular flexibility index (Phi) is 3.44. The molecule has 0 aromatic carbocycles. The summed E-state index contributed by atoms with van der Waals surface area (Å²) in [7, 11) is 0. The molecule has 3 aromatic heterocycles. The zero-order chi connectivity index (χ0) is 14.8. The van der Waals surface area contributed by atoms with Gasteiger partial charge in [-0.05, 0) is 31.5 Å². The molecule has 0 saturated carbocycles. The Labute approximate surface area is 128 Å². The number of imidazole rings is 1. The monoisotopic (exact) mass is 294 g/mol. The third-order valence-electron chi connectivity index (χ3n) is 3.98. The number of nitrogens with zero attached hydrogens (tertiary/aromatic N) is 4. The van der Waals surface area contributed by atoms with E-state index in [0.717, 1.165) is 35.9 Å². The van der Waals surface area contributed by atoms with Crippen molar-refractivity contribution in [1.82, 2.24) is 24.7 Å². The summed E-state index contributed by atoms with van der Waals surface area (Å²) in [6.07, 6.45) is 9.64. The highest BCUT2D eigenvalue weighted by Gasteiger charge is 2.14. The van der Waals surface area contributed by atoms with Gasteiger partial charge >= 0.3 is 0 Å². The summed E-state index contributed by atoms with van der Waals surface area (Å²) in [4.78, 5) is 13.2. The molecule has 1 unspecified atom stereocenters. The maximum Gasteiger partial charge on any atom is 0.155 e. The average Bonchev–Trinajstić information content (AvgIpc) is 3.00. The van der Waals surface area contributed by atoms with Gasteiger partial charge in [0.1, 0.15) is 5.82 Å². The zero-order valence-electron chi connectivity index (χ0n) is 12.2. The Morgan fingerprint density at radius 2 is 2.27 bits per heavy atom. The SMILES string of the molecule is c1cc(NC2CCCNC2)nc(-c2cnc3cnccn23)c1. The van der Waals surface area contributed by atoms with Crippen LogP contribution in [0.4, 0.5) is 5.82 Å². The van der Waals surface area contributed by atoms with Crippen LogP contribution in [0, 0.1) is 0 Å². The van der Waals surface area contributed by atoms with E-state index < -0.39 is 0 Å². The second-order valence-electron chi connectivity index (χ2n) is 5.54. The fourth-order valence-corrected chi connectivity index (χ4v) is 2.87. The minimum absolute atomic E-state index is 0.447. The van der Waals surface area contributed by atoms with Crippen molar-refractivity contribution in [3.8, 4) is 11.4 Å². The molecule has 0 spiro atoms. The number of pyridine rings is 1. The zero-order valence-corrected chi connectivity index (χ0v) is 12.2. The first-order chi connectivity index (χ1) is 10.9. The highest BCUT2D eigenvalue weighted by Crippen LogP contribution is 2.20. The Hall–Kier alpha value is -2.47. The number of aromatic nitrogens is 4.